The topological polar surface area (TPSA) is 71.7 Å². The molecule has 3 rings (SSSR count). The highest BCUT2D eigenvalue weighted by Gasteiger charge is 2.20. The van der Waals surface area contributed by atoms with Crippen molar-refractivity contribution in [1.82, 2.24) is 8.87 Å². The van der Waals surface area contributed by atoms with E-state index in [0.29, 0.717) is 16.4 Å². The van der Waals surface area contributed by atoms with Gasteiger partial charge in [0.15, 0.2) is 4.80 Å². The zero-order chi connectivity index (χ0) is 22.6. The van der Waals surface area contributed by atoms with Crippen molar-refractivity contribution in [3.8, 4) is 12.3 Å². The molecule has 9 heteroatoms. The molecule has 0 saturated heterocycles. The summed E-state index contributed by atoms with van der Waals surface area (Å²) in [6.07, 6.45) is 7.17. The number of aromatic nitrogens is 1. The molecule has 0 spiro atoms. The number of sulfonamides is 1. The number of nitrogens with zero attached hydrogens (tertiary/aromatic N) is 3. The summed E-state index contributed by atoms with van der Waals surface area (Å²) in [5.41, 5.74) is 1.01. The molecule has 0 saturated carbocycles. The molecule has 0 unspecified atom stereocenters. The molecule has 1 aromatic heterocycles. The molecule has 0 N–H and O–H groups in total. The van der Waals surface area contributed by atoms with E-state index in [2.05, 4.69) is 10.9 Å². The van der Waals surface area contributed by atoms with Crippen LogP contribution >= 0.6 is 22.9 Å². The van der Waals surface area contributed by atoms with Crippen molar-refractivity contribution in [3.05, 3.63) is 57.9 Å². The number of hydrogen-bond acceptors (Lipinski definition) is 4. The van der Waals surface area contributed by atoms with E-state index in [4.69, 9.17) is 18.0 Å². The Morgan fingerprint density at radius 2 is 1.97 bits per heavy atom. The third-order valence-electron chi connectivity index (χ3n) is 4.73. The van der Waals surface area contributed by atoms with Crippen LogP contribution in [0.15, 0.2) is 52.4 Å². The van der Waals surface area contributed by atoms with Crippen molar-refractivity contribution in [3.63, 3.8) is 0 Å². The van der Waals surface area contributed by atoms with E-state index in [1.807, 2.05) is 19.1 Å². The zero-order valence-electron chi connectivity index (χ0n) is 17.2. The van der Waals surface area contributed by atoms with Crippen molar-refractivity contribution in [1.29, 1.82) is 0 Å². The smallest absolute Gasteiger partial charge is 0.279 e. The van der Waals surface area contributed by atoms with Gasteiger partial charge in [0, 0.05) is 19.2 Å². The molecule has 0 fully saturated rings. The van der Waals surface area contributed by atoms with E-state index >= 15 is 0 Å². The molecule has 2 aromatic carbocycles. The number of terminal acetylenes is 1. The Balaban J connectivity index is 1.95. The minimum absolute atomic E-state index is 0.138. The summed E-state index contributed by atoms with van der Waals surface area (Å²) in [5, 5.41) is 0.527. The quantitative estimate of drug-likeness (QED) is 0.482. The largest absolute Gasteiger partial charge is 0.303 e. The number of rotatable bonds is 7. The Hall–Kier alpha value is -2.44. The number of para-hydroxylation sites is 1. The third-order valence-corrected chi connectivity index (χ3v) is 7.95. The van der Waals surface area contributed by atoms with E-state index in [1.165, 1.54) is 39.9 Å². The summed E-state index contributed by atoms with van der Waals surface area (Å²) >= 11 is 7.62. The fourth-order valence-electron chi connectivity index (χ4n) is 3.01. The molecule has 1 amide bonds. The second kappa shape index (κ2) is 9.79. The van der Waals surface area contributed by atoms with E-state index in [0.717, 1.165) is 23.1 Å². The van der Waals surface area contributed by atoms with Crippen LogP contribution < -0.4 is 4.80 Å². The van der Waals surface area contributed by atoms with Gasteiger partial charge in [-0.3, -0.25) is 4.79 Å². The molecule has 31 heavy (non-hydrogen) atoms. The number of benzene rings is 2. The first-order chi connectivity index (χ1) is 14.8. The number of thiazole rings is 1. The molecular weight excluding hydrogens is 454 g/mol. The van der Waals surface area contributed by atoms with Gasteiger partial charge in [-0.2, -0.15) is 4.99 Å². The molecule has 3 aromatic rings. The standard InChI is InChI=1S/C22H22ClN3O3S2/c1-4-6-15-25(3)31(28,29)17-12-10-16(11-13-17)21(27)24-22-26(14-5-2)20-18(23)8-7-9-19(20)30-22/h2,7-13H,4,6,14-15H2,1,3H3. The first-order valence-electron chi connectivity index (χ1n) is 9.66. The number of carbonyl (C=O) groups excluding carboxylic acids is 1. The van der Waals surface area contributed by atoms with Gasteiger partial charge in [-0.05, 0) is 42.8 Å². The number of unbranched alkanes of at least 4 members (excludes halogenated alkanes) is 1. The fourth-order valence-corrected chi connectivity index (χ4v) is 5.61. The van der Waals surface area contributed by atoms with Gasteiger partial charge < -0.3 is 4.57 Å². The van der Waals surface area contributed by atoms with Gasteiger partial charge in [-0.15, -0.1) is 6.42 Å². The van der Waals surface area contributed by atoms with E-state index < -0.39 is 15.9 Å². The van der Waals surface area contributed by atoms with Crippen LogP contribution in [0.4, 0.5) is 0 Å². The van der Waals surface area contributed by atoms with Crippen LogP contribution in [0, 0.1) is 12.3 Å². The molecule has 0 aliphatic carbocycles. The number of hydrogen-bond donors (Lipinski definition) is 0. The maximum absolute atomic E-state index is 12.8. The number of halogens is 1. The number of carbonyl (C=O) groups is 1. The highest BCUT2D eigenvalue weighted by atomic mass is 35.5. The average molecular weight is 476 g/mol. The summed E-state index contributed by atoms with van der Waals surface area (Å²) in [6.45, 7) is 2.66. The molecule has 0 radical (unpaired) electrons. The minimum atomic E-state index is -3.60. The monoisotopic (exact) mass is 475 g/mol. The van der Waals surface area contributed by atoms with Crippen molar-refractivity contribution < 1.29 is 13.2 Å². The molecule has 0 bridgehead atoms. The van der Waals surface area contributed by atoms with E-state index in [-0.39, 0.29) is 17.0 Å². The lowest BCUT2D eigenvalue weighted by molar-refractivity contribution is 0.0998. The summed E-state index contributed by atoms with van der Waals surface area (Å²) in [7, 11) is -2.04. The molecule has 1 heterocycles. The average Bonchev–Trinajstić information content (AvgIpc) is 3.10. The molecule has 6 nitrogen and oxygen atoms in total. The summed E-state index contributed by atoms with van der Waals surface area (Å²) in [5.74, 6) is 2.07. The van der Waals surface area contributed by atoms with Crippen LogP contribution in [0.25, 0.3) is 10.2 Å². The van der Waals surface area contributed by atoms with Crippen LogP contribution in [0.3, 0.4) is 0 Å². The zero-order valence-corrected chi connectivity index (χ0v) is 19.6. The van der Waals surface area contributed by atoms with Gasteiger partial charge in [0.1, 0.15) is 0 Å². The molecule has 162 valence electrons. The number of fused-ring (bicyclic) bond motifs is 1. The Morgan fingerprint density at radius 1 is 1.26 bits per heavy atom. The van der Waals surface area contributed by atoms with Gasteiger partial charge >= 0.3 is 0 Å². The lowest BCUT2D eigenvalue weighted by Crippen LogP contribution is -2.27. The van der Waals surface area contributed by atoms with Gasteiger partial charge in [0.2, 0.25) is 10.0 Å². The predicted molar refractivity (Wildman–Crippen MR) is 125 cm³/mol. The third kappa shape index (κ3) is 4.91. The van der Waals surface area contributed by atoms with Crippen molar-refractivity contribution in [2.45, 2.75) is 31.2 Å². The highest BCUT2D eigenvalue weighted by Crippen LogP contribution is 2.25. The first kappa shape index (κ1) is 23.2. The summed E-state index contributed by atoms with van der Waals surface area (Å²) in [4.78, 5) is 17.5. The lowest BCUT2D eigenvalue weighted by Gasteiger charge is -2.16. The minimum Gasteiger partial charge on any atom is -0.303 e. The highest BCUT2D eigenvalue weighted by molar-refractivity contribution is 7.89. The summed E-state index contributed by atoms with van der Waals surface area (Å²) in [6, 6.07) is 11.3. The SMILES string of the molecule is C#CCn1c(=NC(=O)c2ccc(S(=O)(=O)N(C)CCCC)cc2)sc2cccc(Cl)c21. The Labute approximate surface area is 190 Å². The Kier molecular flexibility index (Phi) is 7.34. The first-order valence-corrected chi connectivity index (χ1v) is 12.3. The summed E-state index contributed by atoms with van der Waals surface area (Å²) < 4.78 is 29.2. The van der Waals surface area contributed by atoms with E-state index in [9.17, 15) is 13.2 Å². The van der Waals surface area contributed by atoms with Crippen LogP contribution in [0.2, 0.25) is 5.02 Å². The molecular formula is C22H22ClN3O3S2. The second-order valence-electron chi connectivity index (χ2n) is 6.88. The van der Waals surface area contributed by atoms with Gasteiger partial charge in [-0.1, -0.05) is 48.3 Å². The second-order valence-corrected chi connectivity index (χ2v) is 10.3. The molecule has 0 aliphatic heterocycles. The van der Waals surface area contributed by atoms with Gasteiger partial charge in [0.05, 0.1) is 26.7 Å². The van der Waals surface area contributed by atoms with Crippen LogP contribution in [0.5, 0.6) is 0 Å². The van der Waals surface area contributed by atoms with Crippen LogP contribution in [-0.4, -0.2) is 36.8 Å². The predicted octanol–water partition coefficient (Wildman–Crippen LogP) is 4.15. The van der Waals surface area contributed by atoms with Crippen molar-refractivity contribution >= 4 is 49.1 Å². The fraction of sp³-hybridized carbons (Fsp3) is 0.273. The Bertz CT molecular complexity index is 1320. The van der Waals surface area contributed by atoms with E-state index in [1.54, 1.807) is 17.7 Å². The molecule has 0 aliphatic rings. The van der Waals surface area contributed by atoms with Crippen LogP contribution in [-0.2, 0) is 16.6 Å². The maximum atomic E-state index is 12.8. The lowest BCUT2D eigenvalue weighted by atomic mass is 10.2. The van der Waals surface area contributed by atoms with Crippen molar-refractivity contribution in [2.24, 2.45) is 4.99 Å². The normalized spacial score (nSPS) is 12.4. The maximum Gasteiger partial charge on any atom is 0.279 e. The number of amides is 1. The van der Waals surface area contributed by atoms with Crippen molar-refractivity contribution in [2.75, 3.05) is 13.6 Å². The molecule has 0 atom stereocenters. The van der Waals surface area contributed by atoms with Gasteiger partial charge in [0.25, 0.3) is 5.91 Å². The Morgan fingerprint density at radius 3 is 2.61 bits per heavy atom. The van der Waals surface area contributed by atoms with Gasteiger partial charge in [-0.25, -0.2) is 12.7 Å². The van der Waals surface area contributed by atoms with Crippen LogP contribution in [0.1, 0.15) is 30.1 Å².